The van der Waals surface area contributed by atoms with Crippen molar-refractivity contribution in [2.45, 2.75) is 12.5 Å². The number of hydrogen-bond acceptors (Lipinski definition) is 1. The largest absolute Gasteiger partial charge is 0.454 e. The molecule has 10 rings (SSSR count). The quantitative estimate of drug-likeness (QED) is 0.209. The van der Waals surface area contributed by atoms with Crippen LogP contribution < -0.4 is 0 Å². The van der Waals surface area contributed by atoms with E-state index in [4.69, 9.17) is 4.42 Å². The number of allylic oxidation sites excluding steroid dienone is 4. The molecule has 208 valence electrons. The highest BCUT2D eigenvalue weighted by Crippen LogP contribution is 2.43. The lowest BCUT2D eigenvalue weighted by molar-refractivity contribution is 0.649. The number of fused-ring (bicyclic) bond motifs is 10. The Bertz CT molecular complexity index is 2640. The predicted molar refractivity (Wildman–Crippen MR) is 182 cm³/mol. The van der Waals surface area contributed by atoms with Gasteiger partial charge in [0.1, 0.15) is 11.1 Å². The van der Waals surface area contributed by atoms with Gasteiger partial charge in [0, 0.05) is 32.9 Å². The molecule has 1 unspecified atom stereocenters. The molecular formula is C40H27N3O. The van der Waals surface area contributed by atoms with Gasteiger partial charge >= 0.3 is 0 Å². The van der Waals surface area contributed by atoms with Gasteiger partial charge in [0.25, 0.3) is 0 Å². The van der Waals surface area contributed by atoms with Gasteiger partial charge in [-0.05, 0) is 61.0 Å². The molecule has 0 spiro atoms. The molecule has 4 heteroatoms. The first kappa shape index (κ1) is 23.8. The van der Waals surface area contributed by atoms with E-state index in [0.29, 0.717) is 0 Å². The highest BCUT2D eigenvalue weighted by atomic mass is 16.3. The van der Waals surface area contributed by atoms with Crippen LogP contribution in [0.4, 0.5) is 0 Å². The zero-order valence-corrected chi connectivity index (χ0v) is 23.9. The smallest absolute Gasteiger partial charge is 0.161 e. The van der Waals surface area contributed by atoms with Gasteiger partial charge in [0.2, 0.25) is 0 Å². The average Bonchev–Trinajstić information content (AvgIpc) is 3.81. The molecular weight excluding hydrogens is 538 g/mol. The number of benzene rings is 5. The van der Waals surface area contributed by atoms with E-state index in [9.17, 15) is 0 Å². The highest BCUT2D eigenvalue weighted by molar-refractivity contribution is 6.19. The summed E-state index contributed by atoms with van der Waals surface area (Å²) in [6.07, 6.45) is 9.92. The molecule has 0 radical (unpaired) electrons. The van der Waals surface area contributed by atoms with E-state index in [1.807, 2.05) is 6.07 Å². The molecule has 0 bridgehead atoms. The number of furan rings is 1. The maximum atomic E-state index is 6.46. The van der Waals surface area contributed by atoms with Crippen LogP contribution in [0.15, 0.2) is 150 Å². The summed E-state index contributed by atoms with van der Waals surface area (Å²) >= 11 is 0. The molecule has 1 aliphatic carbocycles. The summed E-state index contributed by atoms with van der Waals surface area (Å²) in [6, 6.07) is 43.8. The standard InChI is InChI=1S/C40H27N3O/c1-2-13-26(14-3-1)41-33-21-8-4-17-29(33)38-37(41)30-18-5-9-22-34(30)42(38)27-15-12-16-28(25-27)43-35-23-10-6-19-31(35)40-39(43)32-20-7-11-24-36(32)44-40/h1-13,15-26H,14H2. The van der Waals surface area contributed by atoms with Crippen LogP contribution in [0, 0.1) is 0 Å². The SMILES string of the molecule is C1=CCC(n2c3ccccc3c3c2c2ccccc2n3-c2cccc(-n3c4ccccc4c4oc5ccccc5c43)c2)C=C1. The van der Waals surface area contributed by atoms with Crippen LogP contribution in [0.2, 0.25) is 0 Å². The number of nitrogens with zero attached hydrogens (tertiary/aromatic N) is 3. The van der Waals surface area contributed by atoms with E-state index in [-0.39, 0.29) is 6.04 Å². The van der Waals surface area contributed by atoms with Crippen LogP contribution in [0.3, 0.4) is 0 Å². The fraction of sp³-hybridized carbons (Fsp3) is 0.0500. The molecule has 0 amide bonds. The van der Waals surface area contributed by atoms with Crippen molar-refractivity contribution in [3.05, 3.63) is 146 Å². The normalized spacial score (nSPS) is 15.2. The Hall–Kier alpha value is -5.74. The molecule has 9 aromatic rings. The lowest BCUT2D eigenvalue weighted by atomic mass is 10.1. The van der Waals surface area contributed by atoms with Crippen molar-refractivity contribution in [3.8, 4) is 11.4 Å². The summed E-state index contributed by atoms with van der Waals surface area (Å²) in [5.41, 5.74) is 11.3. The fourth-order valence-electron chi connectivity index (χ4n) is 7.55. The van der Waals surface area contributed by atoms with E-state index in [0.717, 1.165) is 50.8 Å². The minimum atomic E-state index is 0.266. The summed E-state index contributed by atoms with van der Waals surface area (Å²) in [5.74, 6) is 0. The van der Waals surface area contributed by atoms with Gasteiger partial charge in [0.15, 0.2) is 5.58 Å². The average molecular weight is 566 g/mol. The van der Waals surface area contributed by atoms with E-state index in [2.05, 4.69) is 153 Å². The highest BCUT2D eigenvalue weighted by Gasteiger charge is 2.25. The Morgan fingerprint density at radius 3 is 1.89 bits per heavy atom. The maximum absolute atomic E-state index is 6.46. The van der Waals surface area contributed by atoms with Gasteiger partial charge in [-0.1, -0.05) is 91.0 Å². The third kappa shape index (κ3) is 3.12. The van der Waals surface area contributed by atoms with Crippen LogP contribution in [-0.2, 0) is 0 Å². The van der Waals surface area contributed by atoms with E-state index in [1.165, 1.54) is 32.8 Å². The first-order valence-corrected chi connectivity index (χ1v) is 15.2. The second-order valence-electron chi connectivity index (χ2n) is 11.7. The molecule has 0 aliphatic heterocycles. The monoisotopic (exact) mass is 565 g/mol. The van der Waals surface area contributed by atoms with Crippen molar-refractivity contribution in [1.29, 1.82) is 0 Å². The molecule has 5 aromatic carbocycles. The minimum absolute atomic E-state index is 0.266. The van der Waals surface area contributed by atoms with Crippen LogP contribution in [0.5, 0.6) is 0 Å². The van der Waals surface area contributed by atoms with Crippen molar-refractivity contribution < 1.29 is 4.42 Å². The predicted octanol–water partition coefficient (Wildman–Crippen LogP) is 10.6. The van der Waals surface area contributed by atoms with Crippen molar-refractivity contribution in [2.75, 3.05) is 0 Å². The van der Waals surface area contributed by atoms with Crippen LogP contribution in [0.25, 0.3) is 77.2 Å². The summed E-state index contributed by atoms with van der Waals surface area (Å²) in [6.45, 7) is 0. The summed E-state index contributed by atoms with van der Waals surface area (Å²) in [7, 11) is 0. The Morgan fingerprint density at radius 2 is 1.14 bits per heavy atom. The number of para-hydroxylation sites is 4. The zero-order valence-electron chi connectivity index (χ0n) is 23.9. The van der Waals surface area contributed by atoms with Gasteiger partial charge in [-0.3, -0.25) is 0 Å². The second-order valence-corrected chi connectivity index (χ2v) is 11.7. The van der Waals surface area contributed by atoms with E-state index >= 15 is 0 Å². The van der Waals surface area contributed by atoms with Crippen molar-refractivity contribution in [3.63, 3.8) is 0 Å². The number of hydrogen-bond donors (Lipinski definition) is 0. The molecule has 1 aliphatic rings. The first-order valence-electron chi connectivity index (χ1n) is 15.2. The molecule has 44 heavy (non-hydrogen) atoms. The Labute approximate surface area is 252 Å². The first-order chi connectivity index (χ1) is 21.9. The lowest BCUT2D eigenvalue weighted by Gasteiger charge is -2.18. The fourth-order valence-corrected chi connectivity index (χ4v) is 7.55. The molecule has 1 atom stereocenters. The van der Waals surface area contributed by atoms with Crippen LogP contribution in [-0.4, -0.2) is 13.7 Å². The molecule has 0 N–H and O–H groups in total. The Balaban J connectivity index is 1.30. The molecule has 4 heterocycles. The molecule has 0 saturated carbocycles. The van der Waals surface area contributed by atoms with Crippen molar-refractivity contribution >= 4 is 65.8 Å². The van der Waals surface area contributed by atoms with Gasteiger partial charge < -0.3 is 18.1 Å². The zero-order chi connectivity index (χ0) is 28.8. The summed E-state index contributed by atoms with van der Waals surface area (Å²) in [4.78, 5) is 0. The molecule has 0 fully saturated rings. The molecule has 4 aromatic heterocycles. The van der Waals surface area contributed by atoms with Crippen molar-refractivity contribution in [2.24, 2.45) is 0 Å². The van der Waals surface area contributed by atoms with Crippen LogP contribution in [0.1, 0.15) is 12.5 Å². The summed E-state index contributed by atoms with van der Waals surface area (Å²) < 4.78 is 13.8. The van der Waals surface area contributed by atoms with Gasteiger partial charge in [0.05, 0.1) is 33.6 Å². The topological polar surface area (TPSA) is 27.9 Å². The number of rotatable bonds is 3. The second kappa shape index (κ2) is 8.88. The van der Waals surface area contributed by atoms with E-state index in [1.54, 1.807) is 0 Å². The van der Waals surface area contributed by atoms with Crippen molar-refractivity contribution in [1.82, 2.24) is 13.7 Å². The van der Waals surface area contributed by atoms with Gasteiger partial charge in [-0.25, -0.2) is 0 Å². The van der Waals surface area contributed by atoms with Gasteiger partial charge in [-0.15, -0.1) is 0 Å². The maximum Gasteiger partial charge on any atom is 0.161 e. The summed E-state index contributed by atoms with van der Waals surface area (Å²) in [5, 5.41) is 4.77. The molecule has 0 saturated heterocycles. The number of aromatic nitrogens is 3. The Kier molecular flexibility index (Phi) is 4.80. The van der Waals surface area contributed by atoms with Crippen LogP contribution >= 0.6 is 0 Å². The molecule has 4 nitrogen and oxygen atoms in total. The lowest BCUT2D eigenvalue weighted by Crippen LogP contribution is -2.06. The minimum Gasteiger partial charge on any atom is -0.454 e. The Morgan fingerprint density at radius 1 is 0.523 bits per heavy atom. The van der Waals surface area contributed by atoms with E-state index < -0.39 is 0 Å². The third-order valence-corrected chi connectivity index (χ3v) is 9.33. The third-order valence-electron chi connectivity index (χ3n) is 9.33. The van der Waals surface area contributed by atoms with Gasteiger partial charge in [-0.2, -0.15) is 0 Å².